The van der Waals surface area contributed by atoms with Crippen molar-refractivity contribution in [1.82, 2.24) is 10.2 Å². The van der Waals surface area contributed by atoms with E-state index in [-0.39, 0.29) is 11.9 Å². The molecule has 0 fully saturated rings. The third-order valence-electron chi connectivity index (χ3n) is 4.55. The van der Waals surface area contributed by atoms with E-state index in [4.69, 9.17) is 4.42 Å². The molecule has 0 aliphatic carbocycles. The first-order chi connectivity index (χ1) is 14.0. The molecule has 0 radical (unpaired) electrons. The Bertz CT molecular complexity index is 918. The van der Waals surface area contributed by atoms with Gasteiger partial charge in [-0.3, -0.25) is 10.1 Å². The highest BCUT2D eigenvalue weighted by molar-refractivity contribution is 7.99. The first-order valence-electron chi connectivity index (χ1n) is 9.90. The maximum Gasteiger partial charge on any atom is 0.322 e. The number of benzene rings is 2. The molecule has 1 N–H and O–H groups in total. The highest BCUT2D eigenvalue weighted by atomic mass is 32.2. The highest BCUT2D eigenvalue weighted by Gasteiger charge is 2.11. The quantitative estimate of drug-likeness (QED) is 0.368. The van der Waals surface area contributed by atoms with Gasteiger partial charge in [-0.05, 0) is 48.3 Å². The second-order valence-electron chi connectivity index (χ2n) is 7.39. The van der Waals surface area contributed by atoms with Gasteiger partial charge in [0.25, 0.3) is 0 Å². The molecule has 1 aromatic heterocycles. The van der Waals surface area contributed by atoms with Crippen LogP contribution < -0.4 is 5.32 Å². The molecule has 0 spiro atoms. The van der Waals surface area contributed by atoms with Gasteiger partial charge in [-0.2, -0.15) is 0 Å². The largest absolute Gasteiger partial charge is 0.407 e. The summed E-state index contributed by atoms with van der Waals surface area (Å²) in [6.45, 7) is 6.41. The van der Waals surface area contributed by atoms with Crippen LogP contribution in [0.3, 0.4) is 0 Å². The molecule has 3 rings (SSSR count). The molecule has 2 aromatic carbocycles. The minimum Gasteiger partial charge on any atom is -0.407 e. The lowest BCUT2D eigenvalue weighted by Gasteiger charge is -2.05. The van der Waals surface area contributed by atoms with Crippen LogP contribution in [0.4, 0.5) is 6.01 Å². The second kappa shape index (κ2) is 10.3. The Morgan fingerprint density at radius 2 is 1.79 bits per heavy atom. The van der Waals surface area contributed by atoms with Gasteiger partial charge in [-0.15, -0.1) is 16.9 Å². The summed E-state index contributed by atoms with van der Waals surface area (Å²) in [4.78, 5) is 13.3. The Morgan fingerprint density at radius 3 is 2.48 bits per heavy atom. The van der Waals surface area contributed by atoms with Crippen molar-refractivity contribution in [2.45, 2.75) is 50.8 Å². The predicted molar refractivity (Wildman–Crippen MR) is 117 cm³/mol. The molecule has 0 aliphatic rings. The smallest absolute Gasteiger partial charge is 0.322 e. The van der Waals surface area contributed by atoms with E-state index in [1.165, 1.54) is 16.0 Å². The van der Waals surface area contributed by atoms with Crippen LogP contribution in [0.5, 0.6) is 0 Å². The van der Waals surface area contributed by atoms with Gasteiger partial charge in [-0.1, -0.05) is 60.9 Å². The summed E-state index contributed by atoms with van der Waals surface area (Å²) in [6.07, 6.45) is 1.76. The standard InChI is InChI=1S/C23H27N3O2S/c1-16(2)19-10-8-18(9-11-19)15-22-25-26-23(28-22)24-21(27)5-4-14-29-20-12-6-17(3)7-13-20/h6-13,16H,4-5,14-15H2,1-3H3,(H,24,26,27). The Hall–Kier alpha value is -2.60. The summed E-state index contributed by atoms with van der Waals surface area (Å²) in [5.74, 6) is 1.78. The first kappa shape index (κ1) is 21.1. The van der Waals surface area contributed by atoms with Gasteiger partial charge in [0.2, 0.25) is 11.8 Å². The summed E-state index contributed by atoms with van der Waals surface area (Å²) in [7, 11) is 0. The van der Waals surface area contributed by atoms with Crippen molar-refractivity contribution in [1.29, 1.82) is 0 Å². The van der Waals surface area contributed by atoms with Crippen molar-refractivity contribution in [3.8, 4) is 0 Å². The Labute approximate surface area is 176 Å². The fourth-order valence-corrected chi connectivity index (χ4v) is 3.66. The van der Waals surface area contributed by atoms with Crippen LogP contribution in [0.2, 0.25) is 0 Å². The Kier molecular flexibility index (Phi) is 7.47. The summed E-state index contributed by atoms with van der Waals surface area (Å²) >= 11 is 1.75. The van der Waals surface area contributed by atoms with Crippen molar-refractivity contribution in [2.75, 3.05) is 11.1 Å². The number of nitrogens with zero attached hydrogens (tertiary/aromatic N) is 2. The Balaban J connectivity index is 1.40. The van der Waals surface area contributed by atoms with E-state index < -0.39 is 0 Å². The van der Waals surface area contributed by atoms with Crippen LogP contribution in [-0.2, 0) is 11.2 Å². The van der Waals surface area contributed by atoms with Crippen LogP contribution in [0.1, 0.15) is 55.2 Å². The summed E-state index contributed by atoms with van der Waals surface area (Å²) in [5.41, 5.74) is 3.65. The number of hydrogen-bond donors (Lipinski definition) is 1. The molecule has 29 heavy (non-hydrogen) atoms. The average Bonchev–Trinajstić information content (AvgIpc) is 3.13. The van der Waals surface area contributed by atoms with E-state index in [2.05, 4.69) is 84.8 Å². The SMILES string of the molecule is Cc1ccc(SCCCC(=O)Nc2nnc(Cc3ccc(C(C)C)cc3)o2)cc1. The van der Waals surface area contributed by atoms with E-state index in [1.54, 1.807) is 11.8 Å². The molecule has 0 saturated carbocycles. The van der Waals surface area contributed by atoms with E-state index in [0.29, 0.717) is 24.7 Å². The number of amides is 1. The third-order valence-corrected chi connectivity index (χ3v) is 5.65. The van der Waals surface area contributed by atoms with Gasteiger partial charge in [-0.25, -0.2) is 0 Å². The number of hydrogen-bond acceptors (Lipinski definition) is 5. The van der Waals surface area contributed by atoms with Crippen molar-refractivity contribution >= 4 is 23.7 Å². The molecule has 0 unspecified atom stereocenters. The molecular weight excluding hydrogens is 382 g/mol. The molecule has 5 nitrogen and oxygen atoms in total. The fourth-order valence-electron chi connectivity index (χ4n) is 2.81. The molecule has 0 atom stereocenters. The van der Waals surface area contributed by atoms with Crippen LogP contribution in [0.25, 0.3) is 0 Å². The lowest BCUT2D eigenvalue weighted by Crippen LogP contribution is -2.11. The van der Waals surface area contributed by atoms with Gasteiger partial charge in [0.05, 0.1) is 6.42 Å². The lowest BCUT2D eigenvalue weighted by molar-refractivity contribution is -0.116. The zero-order valence-electron chi connectivity index (χ0n) is 17.1. The minimum absolute atomic E-state index is 0.106. The molecule has 1 amide bonds. The highest BCUT2D eigenvalue weighted by Crippen LogP contribution is 2.20. The average molecular weight is 410 g/mol. The van der Waals surface area contributed by atoms with Crippen LogP contribution >= 0.6 is 11.8 Å². The number of thioether (sulfide) groups is 1. The summed E-state index contributed by atoms with van der Waals surface area (Å²) in [5, 5.41) is 10.6. The van der Waals surface area contributed by atoms with Gasteiger partial charge >= 0.3 is 6.01 Å². The molecule has 0 bridgehead atoms. The number of aryl methyl sites for hydroxylation is 1. The number of carbonyl (C=O) groups excluding carboxylic acids is 1. The van der Waals surface area contributed by atoms with Gasteiger partial charge in [0.15, 0.2) is 0 Å². The molecule has 0 aliphatic heterocycles. The Morgan fingerprint density at radius 1 is 1.07 bits per heavy atom. The zero-order chi connectivity index (χ0) is 20.6. The first-order valence-corrected chi connectivity index (χ1v) is 10.9. The van der Waals surface area contributed by atoms with E-state index in [1.807, 2.05) is 0 Å². The monoisotopic (exact) mass is 409 g/mol. The predicted octanol–water partition coefficient (Wildman–Crippen LogP) is 5.60. The van der Waals surface area contributed by atoms with E-state index in [9.17, 15) is 4.79 Å². The normalized spacial score (nSPS) is 11.0. The van der Waals surface area contributed by atoms with E-state index >= 15 is 0 Å². The number of rotatable bonds is 9. The summed E-state index contributed by atoms with van der Waals surface area (Å²) < 4.78 is 5.56. The van der Waals surface area contributed by atoms with E-state index in [0.717, 1.165) is 17.7 Å². The van der Waals surface area contributed by atoms with Crippen molar-refractivity contribution in [2.24, 2.45) is 0 Å². The number of nitrogens with one attached hydrogen (secondary N) is 1. The molecule has 3 aromatic rings. The van der Waals surface area contributed by atoms with Crippen LogP contribution in [-0.4, -0.2) is 21.9 Å². The summed E-state index contributed by atoms with van der Waals surface area (Å²) in [6, 6.07) is 17.0. The fraction of sp³-hybridized carbons (Fsp3) is 0.348. The molecule has 0 saturated heterocycles. The molecule has 6 heteroatoms. The van der Waals surface area contributed by atoms with Crippen molar-refractivity contribution in [3.63, 3.8) is 0 Å². The maximum absolute atomic E-state index is 12.1. The number of anilines is 1. The van der Waals surface area contributed by atoms with Gasteiger partial charge < -0.3 is 4.42 Å². The molecular formula is C23H27N3O2S. The topological polar surface area (TPSA) is 68.0 Å². The van der Waals surface area contributed by atoms with Gasteiger partial charge in [0, 0.05) is 11.3 Å². The maximum atomic E-state index is 12.1. The van der Waals surface area contributed by atoms with Crippen LogP contribution in [0.15, 0.2) is 57.8 Å². The van der Waals surface area contributed by atoms with Crippen molar-refractivity contribution < 1.29 is 9.21 Å². The van der Waals surface area contributed by atoms with Gasteiger partial charge in [0.1, 0.15) is 0 Å². The number of carbonyl (C=O) groups is 1. The van der Waals surface area contributed by atoms with Crippen molar-refractivity contribution in [3.05, 3.63) is 71.1 Å². The lowest BCUT2D eigenvalue weighted by atomic mass is 10.0. The molecule has 152 valence electrons. The third kappa shape index (κ3) is 6.75. The minimum atomic E-state index is -0.106. The number of aromatic nitrogens is 2. The zero-order valence-corrected chi connectivity index (χ0v) is 18.0. The molecule has 1 heterocycles. The second-order valence-corrected chi connectivity index (χ2v) is 8.56. The van der Waals surface area contributed by atoms with Crippen LogP contribution in [0, 0.1) is 6.92 Å².